The van der Waals surface area contributed by atoms with E-state index in [-0.39, 0.29) is 0 Å². The van der Waals surface area contributed by atoms with E-state index in [0.29, 0.717) is 0 Å². The van der Waals surface area contributed by atoms with E-state index < -0.39 is 0 Å². The summed E-state index contributed by atoms with van der Waals surface area (Å²) in [5.74, 6) is 0. The summed E-state index contributed by atoms with van der Waals surface area (Å²) in [5, 5.41) is 8.17. The standard InChI is InChI=1S/C9H9N3S/c1-7-9(13-12-11-7)10-8-5-3-2-4-6-8/h2-6,10H,1H3. The third kappa shape index (κ3) is 1.84. The number of rotatable bonds is 2. The van der Waals surface area contributed by atoms with E-state index in [4.69, 9.17) is 0 Å². The van der Waals surface area contributed by atoms with Crippen LogP contribution in [0.2, 0.25) is 0 Å². The predicted octanol–water partition coefficient (Wildman–Crippen LogP) is 2.59. The Morgan fingerprint density at radius 2 is 2.00 bits per heavy atom. The van der Waals surface area contributed by atoms with Gasteiger partial charge < -0.3 is 5.32 Å². The zero-order valence-electron chi connectivity index (χ0n) is 7.19. The van der Waals surface area contributed by atoms with Crippen LogP contribution in [0.3, 0.4) is 0 Å². The van der Waals surface area contributed by atoms with Gasteiger partial charge >= 0.3 is 0 Å². The molecule has 0 amide bonds. The van der Waals surface area contributed by atoms with E-state index >= 15 is 0 Å². The summed E-state index contributed by atoms with van der Waals surface area (Å²) in [6, 6.07) is 10.00. The Hall–Kier alpha value is -1.42. The summed E-state index contributed by atoms with van der Waals surface area (Å²) in [5.41, 5.74) is 2.01. The molecule has 1 heterocycles. The summed E-state index contributed by atoms with van der Waals surface area (Å²) in [4.78, 5) is 0. The monoisotopic (exact) mass is 191 g/mol. The van der Waals surface area contributed by atoms with Gasteiger partial charge in [-0.3, -0.25) is 0 Å². The molecule has 0 aliphatic rings. The zero-order valence-corrected chi connectivity index (χ0v) is 8.01. The lowest BCUT2D eigenvalue weighted by Crippen LogP contribution is -1.88. The van der Waals surface area contributed by atoms with Gasteiger partial charge in [-0.1, -0.05) is 22.7 Å². The van der Waals surface area contributed by atoms with E-state index in [2.05, 4.69) is 14.9 Å². The van der Waals surface area contributed by atoms with Gasteiger partial charge in [0.2, 0.25) is 0 Å². The first-order valence-corrected chi connectivity index (χ1v) is 4.74. The van der Waals surface area contributed by atoms with Gasteiger partial charge in [0, 0.05) is 17.2 Å². The lowest BCUT2D eigenvalue weighted by atomic mass is 10.3. The summed E-state index contributed by atoms with van der Waals surface area (Å²) in [7, 11) is 0. The largest absolute Gasteiger partial charge is 0.344 e. The number of aromatic nitrogens is 2. The predicted molar refractivity (Wildman–Crippen MR) is 54.4 cm³/mol. The topological polar surface area (TPSA) is 37.8 Å². The van der Waals surface area contributed by atoms with Crippen LogP contribution in [0, 0.1) is 6.92 Å². The molecule has 0 atom stereocenters. The molecule has 4 heteroatoms. The maximum absolute atomic E-state index is 3.92. The Morgan fingerprint density at radius 3 is 2.62 bits per heavy atom. The molecule has 2 aromatic rings. The van der Waals surface area contributed by atoms with Gasteiger partial charge in [-0.05, 0) is 19.1 Å². The second kappa shape index (κ2) is 3.53. The molecular formula is C9H9N3S. The highest BCUT2D eigenvalue weighted by molar-refractivity contribution is 7.10. The number of nitrogens with one attached hydrogen (secondary N) is 1. The van der Waals surface area contributed by atoms with Gasteiger partial charge in [0.25, 0.3) is 0 Å². The fourth-order valence-corrected chi connectivity index (χ4v) is 1.58. The molecule has 2 rings (SSSR count). The molecule has 0 saturated heterocycles. The van der Waals surface area contributed by atoms with Crippen LogP contribution in [0.25, 0.3) is 0 Å². The second-order valence-electron chi connectivity index (χ2n) is 2.68. The van der Waals surface area contributed by atoms with Gasteiger partial charge in [0.1, 0.15) is 5.00 Å². The number of para-hydroxylation sites is 1. The molecule has 13 heavy (non-hydrogen) atoms. The van der Waals surface area contributed by atoms with Gasteiger partial charge in [0.15, 0.2) is 0 Å². The first-order valence-electron chi connectivity index (χ1n) is 3.97. The summed E-state index contributed by atoms with van der Waals surface area (Å²) < 4.78 is 3.85. The highest BCUT2D eigenvalue weighted by Gasteiger charge is 2.01. The molecule has 0 bridgehead atoms. The van der Waals surface area contributed by atoms with E-state index in [9.17, 15) is 0 Å². The Morgan fingerprint density at radius 1 is 1.23 bits per heavy atom. The van der Waals surface area contributed by atoms with Crippen molar-refractivity contribution in [2.45, 2.75) is 6.92 Å². The number of hydrogen-bond donors (Lipinski definition) is 1. The molecule has 0 unspecified atom stereocenters. The normalized spacial score (nSPS) is 9.92. The quantitative estimate of drug-likeness (QED) is 0.792. The highest BCUT2D eigenvalue weighted by atomic mass is 32.1. The number of anilines is 2. The van der Waals surface area contributed by atoms with Crippen molar-refractivity contribution in [3.63, 3.8) is 0 Å². The number of nitrogens with zero attached hydrogens (tertiary/aromatic N) is 2. The summed E-state index contributed by atoms with van der Waals surface area (Å²) in [6.45, 7) is 1.94. The third-order valence-electron chi connectivity index (χ3n) is 1.68. The number of aryl methyl sites for hydroxylation is 1. The molecule has 3 nitrogen and oxygen atoms in total. The number of hydrogen-bond acceptors (Lipinski definition) is 4. The van der Waals surface area contributed by atoms with Crippen molar-refractivity contribution in [1.29, 1.82) is 0 Å². The minimum absolute atomic E-state index is 0.939. The van der Waals surface area contributed by atoms with Crippen LogP contribution in [0.15, 0.2) is 30.3 Å². The minimum Gasteiger partial charge on any atom is -0.344 e. The van der Waals surface area contributed by atoms with Crippen molar-refractivity contribution >= 4 is 22.2 Å². The van der Waals surface area contributed by atoms with E-state index in [1.165, 1.54) is 11.5 Å². The van der Waals surface area contributed by atoms with Gasteiger partial charge in [-0.15, -0.1) is 5.10 Å². The van der Waals surface area contributed by atoms with Crippen LogP contribution in [0.1, 0.15) is 5.69 Å². The Labute approximate surface area is 80.6 Å². The molecule has 0 radical (unpaired) electrons. The van der Waals surface area contributed by atoms with Crippen LogP contribution in [-0.2, 0) is 0 Å². The lowest BCUT2D eigenvalue weighted by Gasteiger charge is -2.01. The van der Waals surface area contributed by atoms with E-state index in [0.717, 1.165) is 16.4 Å². The average Bonchev–Trinajstić information content (AvgIpc) is 2.54. The molecule has 1 aromatic carbocycles. The van der Waals surface area contributed by atoms with Crippen LogP contribution >= 0.6 is 11.5 Å². The maximum Gasteiger partial charge on any atom is 0.137 e. The fraction of sp³-hybridized carbons (Fsp3) is 0.111. The zero-order chi connectivity index (χ0) is 9.10. The molecular weight excluding hydrogens is 182 g/mol. The third-order valence-corrected chi connectivity index (χ3v) is 2.43. The first-order chi connectivity index (χ1) is 6.36. The lowest BCUT2D eigenvalue weighted by molar-refractivity contribution is 1.09. The molecule has 66 valence electrons. The summed E-state index contributed by atoms with van der Waals surface area (Å²) >= 11 is 1.37. The highest BCUT2D eigenvalue weighted by Crippen LogP contribution is 2.21. The molecule has 1 N–H and O–H groups in total. The Kier molecular flexibility index (Phi) is 2.23. The van der Waals surface area contributed by atoms with Crippen LogP contribution in [0.5, 0.6) is 0 Å². The molecule has 1 aromatic heterocycles. The molecule has 0 fully saturated rings. The molecule has 0 saturated carbocycles. The van der Waals surface area contributed by atoms with E-state index in [1.54, 1.807) is 0 Å². The maximum atomic E-state index is 3.92. The average molecular weight is 191 g/mol. The van der Waals surface area contributed by atoms with Crippen molar-refractivity contribution in [3.8, 4) is 0 Å². The smallest absolute Gasteiger partial charge is 0.137 e. The van der Waals surface area contributed by atoms with E-state index in [1.807, 2.05) is 37.3 Å². The van der Waals surface area contributed by atoms with Gasteiger partial charge in [-0.2, -0.15) is 0 Å². The summed E-state index contributed by atoms with van der Waals surface area (Å²) in [6.07, 6.45) is 0. The minimum atomic E-state index is 0.939. The van der Waals surface area contributed by atoms with Crippen molar-refractivity contribution in [2.75, 3.05) is 5.32 Å². The second-order valence-corrected chi connectivity index (χ2v) is 3.43. The van der Waals surface area contributed by atoms with Crippen LogP contribution < -0.4 is 5.32 Å². The van der Waals surface area contributed by atoms with Crippen LogP contribution in [0.4, 0.5) is 10.7 Å². The van der Waals surface area contributed by atoms with Crippen LogP contribution in [-0.4, -0.2) is 9.59 Å². The van der Waals surface area contributed by atoms with Crippen molar-refractivity contribution in [2.24, 2.45) is 0 Å². The SMILES string of the molecule is Cc1nnsc1Nc1ccccc1. The fourth-order valence-electron chi connectivity index (χ4n) is 1.000. The molecule has 0 aliphatic carbocycles. The van der Waals surface area contributed by atoms with Gasteiger partial charge in [0.05, 0.1) is 5.69 Å². The van der Waals surface area contributed by atoms with Gasteiger partial charge in [-0.25, -0.2) is 0 Å². The molecule has 0 spiro atoms. The molecule has 0 aliphatic heterocycles. The first kappa shape index (κ1) is 8.19. The van der Waals surface area contributed by atoms with Crippen molar-refractivity contribution in [3.05, 3.63) is 36.0 Å². The number of benzene rings is 1. The Bertz CT molecular complexity index is 383. The van der Waals surface area contributed by atoms with Crippen molar-refractivity contribution in [1.82, 2.24) is 9.59 Å². The van der Waals surface area contributed by atoms with Crippen molar-refractivity contribution < 1.29 is 0 Å². The Balaban J connectivity index is 2.20.